The first-order chi connectivity index (χ1) is 10.1. The number of allylic oxidation sites excluding steroid dienone is 2. The first kappa shape index (κ1) is 19.8. The van der Waals surface area contributed by atoms with Gasteiger partial charge in [0.05, 0.1) is 6.10 Å². The lowest BCUT2D eigenvalue weighted by Gasteiger charge is -2.31. The topological polar surface area (TPSA) is 18.5 Å². The summed E-state index contributed by atoms with van der Waals surface area (Å²) < 4.78 is 145. The highest BCUT2D eigenvalue weighted by atomic mass is 19.4. The molecule has 1 unspecified atom stereocenters. The molecule has 1 fully saturated rings. The van der Waals surface area contributed by atoms with Gasteiger partial charge < -0.3 is 9.47 Å². The third-order valence-electron chi connectivity index (χ3n) is 2.64. The van der Waals surface area contributed by atoms with E-state index in [0.29, 0.717) is 0 Å². The van der Waals surface area contributed by atoms with E-state index in [1.807, 2.05) is 0 Å². The molecule has 1 aliphatic rings. The van der Waals surface area contributed by atoms with E-state index < -0.39 is 48.5 Å². The van der Waals surface area contributed by atoms with Gasteiger partial charge in [0.15, 0.2) is 11.3 Å². The molecule has 0 aromatic carbocycles. The van der Waals surface area contributed by atoms with Gasteiger partial charge in [0.2, 0.25) is 0 Å². The van der Waals surface area contributed by atoms with Gasteiger partial charge in [0, 0.05) is 13.0 Å². The molecule has 1 heterocycles. The van der Waals surface area contributed by atoms with Crippen LogP contribution < -0.4 is 0 Å². The largest absolute Gasteiger partial charge is 0.488 e. The van der Waals surface area contributed by atoms with Crippen molar-refractivity contribution in [2.24, 2.45) is 0 Å². The lowest BCUT2D eigenvalue weighted by Crippen LogP contribution is -2.44. The Morgan fingerprint density at radius 2 is 1.30 bits per heavy atom. The van der Waals surface area contributed by atoms with E-state index in [1.54, 1.807) is 0 Å². The maximum absolute atomic E-state index is 13.1. The van der Waals surface area contributed by atoms with Gasteiger partial charge >= 0.3 is 24.5 Å². The molecule has 1 rings (SSSR count). The maximum atomic E-state index is 13.1. The fourth-order valence-electron chi connectivity index (χ4n) is 1.46. The SMILES string of the molecule is FC(F)(F)C(=C(OCC1CCO1)C(F)(F)C(F)(F)F)C(F)(F)F. The molecule has 0 N–H and O–H groups in total. The molecule has 0 saturated carbocycles. The number of ether oxygens (including phenoxy) is 2. The molecule has 13 heteroatoms. The van der Waals surface area contributed by atoms with E-state index in [9.17, 15) is 48.3 Å². The third kappa shape index (κ3) is 4.38. The first-order valence-corrected chi connectivity index (χ1v) is 5.66. The smallest absolute Gasteiger partial charge is 0.461 e. The lowest BCUT2D eigenvalue weighted by atomic mass is 10.1. The van der Waals surface area contributed by atoms with Crippen molar-refractivity contribution in [3.63, 3.8) is 0 Å². The highest BCUT2D eigenvalue weighted by Crippen LogP contribution is 2.49. The Morgan fingerprint density at radius 1 is 0.870 bits per heavy atom. The molecule has 0 radical (unpaired) electrons. The Balaban J connectivity index is 3.42. The van der Waals surface area contributed by atoms with E-state index in [1.165, 1.54) is 0 Å². The highest BCUT2D eigenvalue weighted by Gasteiger charge is 2.67. The van der Waals surface area contributed by atoms with Crippen molar-refractivity contribution < 1.29 is 57.8 Å². The van der Waals surface area contributed by atoms with Crippen molar-refractivity contribution in [2.75, 3.05) is 13.2 Å². The van der Waals surface area contributed by atoms with Crippen molar-refractivity contribution in [3.05, 3.63) is 11.3 Å². The van der Waals surface area contributed by atoms with Gasteiger partial charge in [-0.2, -0.15) is 48.3 Å². The van der Waals surface area contributed by atoms with E-state index in [0.717, 1.165) is 0 Å². The van der Waals surface area contributed by atoms with Gasteiger partial charge in [0.1, 0.15) is 6.61 Å². The van der Waals surface area contributed by atoms with E-state index >= 15 is 0 Å². The summed E-state index contributed by atoms with van der Waals surface area (Å²) in [7, 11) is 0. The van der Waals surface area contributed by atoms with Crippen molar-refractivity contribution in [1.82, 2.24) is 0 Å². The van der Waals surface area contributed by atoms with Crippen LogP contribution in [0.5, 0.6) is 0 Å². The van der Waals surface area contributed by atoms with E-state index in [4.69, 9.17) is 0 Å². The summed E-state index contributed by atoms with van der Waals surface area (Å²) in [5.74, 6) is -10.0. The highest BCUT2D eigenvalue weighted by molar-refractivity contribution is 5.26. The van der Waals surface area contributed by atoms with Gasteiger partial charge in [-0.05, 0) is 0 Å². The summed E-state index contributed by atoms with van der Waals surface area (Å²) in [5, 5.41) is 0. The quantitative estimate of drug-likeness (QED) is 0.542. The van der Waals surface area contributed by atoms with Crippen LogP contribution in [0.25, 0.3) is 0 Å². The van der Waals surface area contributed by atoms with Crippen molar-refractivity contribution in [3.8, 4) is 0 Å². The summed E-state index contributed by atoms with van der Waals surface area (Å²) in [6, 6.07) is 0. The van der Waals surface area contributed by atoms with Crippen LogP contribution in [-0.4, -0.2) is 43.8 Å². The summed E-state index contributed by atoms with van der Waals surface area (Å²) in [6.45, 7) is -1.29. The Morgan fingerprint density at radius 3 is 1.57 bits per heavy atom. The molecule has 1 atom stereocenters. The van der Waals surface area contributed by atoms with Crippen LogP contribution >= 0.6 is 0 Å². The number of halogens is 11. The van der Waals surface area contributed by atoms with Crippen LogP contribution in [-0.2, 0) is 9.47 Å². The maximum Gasteiger partial charge on any atom is 0.461 e. The molecule has 0 aromatic rings. The average molecular weight is 368 g/mol. The summed E-state index contributed by atoms with van der Waals surface area (Å²) in [4.78, 5) is 0. The average Bonchev–Trinajstić information content (AvgIpc) is 2.19. The molecule has 1 saturated heterocycles. The van der Waals surface area contributed by atoms with Crippen LogP contribution in [0.1, 0.15) is 6.42 Å². The minimum absolute atomic E-state index is 0.0220. The number of alkyl halides is 11. The Kier molecular flexibility index (Phi) is 5.14. The third-order valence-corrected chi connectivity index (χ3v) is 2.64. The minimum Gasteiger partial charge on any atom is -0.488 e. The standard InChI is InChI=1S/C10H7F11O2/c11-7(12,10(19,20)21)6(23-3-4-1-2-22-4)5(8(13,14)15)9(16,17)18/h4H,1-3H2. The fourth-order valence-corrected chi connectivity index (χ4v) is 1.46. The van der Waals surface area contributed by atoms with Gasteiger partial charge in [-0.25, -0.2) is 0 Å². The van der Waals surface area contributed by atoms with Crippen LogP contribution in [0.2, 0.25) is 0 Å². The molecule has 0 amide bonds. The second-order valence-corrected chi connectivity index (χ2v) is 4.36. The molecular weight excluding hydrogens is 361 g/mol. The van der Waals surface area contributed by atoms with Gasteiger partial charge in [-0.3, -0.25) is 0 Å². The second kappa shape index (κ2) is 5.98. The zero-order chi connectivity index (χ0) is 18.3. The van der Waals surface area contributed by atoms with Crippen molar-refractivity contribution in [2.45, 2.75) is 37.0 Å². The first-order valence-electron chi connectivity index (χ1n) is 5.66. The molecule has 1 aliphatic heterocycles. The Labute approximate surface area is 120 Å². The summed E-state index contributed by atoms with van der Waals surface area (Å²) in [5.41, 5.74) is -4.05. The predicted molar refractivity (Wildman–Crippen MR) is 50.4 cm³/mol. The molecule has 2 nitrogen and oxygen atoms in total. The predicted octanol–water partition coefficient (Wildman–Crippen LogP) is 4.37. The van der Waals surface area contributed by atoms with E-state index in [-0.39, 0.29) is 13.0 Å². The van der Waals surface area contributed by atoms with Crippen LogP contribution in [0.15, 0.2) is 11.3 Å². The Bertz CT molecular complexity index is 437. The molecule has 0 bridgehead atoms. The minimum atomic E-state index is -6.72. The van der Waals surface area contributed by atoms with Crippen molar-refractivity contribution >= 4 is 0 Å². The molecule has 136 valence electrons. The van der Waals surface area contributed by atoms with Crippen LogP contribution in [0.4, 0.5) is 48.3 Å². The van der Waals surface area contributed by atoms with E-state index in [2.05, 4.69) is 9.47 Å². The molecule has 0 aromatic heterocycles. The van der Waals surface area contributed by atoms with Crippen LogP contribution in [0, 0.1) is 0 Å². The lowest BCUT2D eigenvalue weighted by molar-refractivity contribution is -0.283. The molecule has 0 spiro atoms. The zero-order valence-electron chi connectivity index (χ0n) is 10.7. The summed E-state index contributed by atoms with van der Waals surface area (Å²) >= 11 is 0. The zero-order valence-corrected chi connectivity index (χ0v) is 10.7. The van der Waals surface area contributed by atoms with Gasteiger partial charge in [-0.1, -0.05) is 0 Å². The molecule has 0 aliphatic carbocycles. The number of rotatable bonds is 4. The molecular formula is C10H7F11O2. The van der Waals surface area contributed by atoms with Gasteiger partial charge in [0.25, 0.3) is 0 Å². The second-order valence-electron chi connectivity index (χ2n) is 4.36. The summed E-state index contributed by atoms with van der Waals surface area (Å²) in [6.07, 6.45) is -20.9. The Hall–Kier alpha value is -1.27. The van der Waals surface area contributed by atoms with Gasteiger partial charge in [-0.15, -0.1) is 0 Å². The van der Waals surface area contributed by atoms with Crippen molar-refractivity contribution in [1.29, 1.82) is 0 Å². The van der Waals surface area contributed by atoms with Crippen LogP contribution in [0.3, 0.4) is 0 Å². The monoisotopic (exact) mass is 368 g/mol. The fraction of sp³-hybridized carbons (Fsp3) is 0.800. The normalized spacial score (nSPS) is 20.0. The number of hydrogen-bond acceptors (Lipinski definition) is 2. The number of hydrogen-bond donors (Lipinski definition) is 0. The molecule has 23 heavy (non-hydrogen) atoms.